The Balaban J connectivity index is 0.00000147. The summed E-state index contributed by atoms with van der Waals surface area (Å²) in [5.41, 5.74) is 1.09. The summed E-state index contributed by atoms with van der Waals surface area (Å²) in [5, 5.41) is 3.69. The van der Waals surface area contributed by atoms with E-state index in [2.05, 4.69) is 10.2 Å². The fourth-order valence-corrected chi connectivity index (χ4v) is 2.84. The lowest BCUT2D eigenvalue weighted by atomic mass is 10.0. The second-order valence-electron chi connectivity index (χ2n) is 6.03. The first-order chi connectivity index (χ1) is 9.29. The van der Waals surface area contributed by atoms with E-state index in [-0.39, 0.29) is 18.2 Å². The molecule has 1 saturated carbocycles. The fraction of sp³-hybridized carbons (Fsp3) is 0.625. The molecule has 0 amide bonds. The Morgan fingerprint density at radius 3 is 2.55 bits per heavy atom. The van der Waals surface area contributed by atoms with Crippen LogP contribution in [0.15, 0.2) is 24.3 Å². The first-order valence-electron chi connectivity index (χ1n) is 7.50. The number of likely N-dealkylation sites (tertiary alicyclic amines) is 1. The van der Waals surface area contributed by atoms with Crippen LogP contribution in [0.2, 0.25) is 0 Å². The molecule has 0 unspecified atom stereocenters. The van der Waals surface area contributed by atoms with Crippen LogP contribution >= 0.6 is 12.4 Å². The molecular weight excluding hydrogens is 275 g/mol. The van der Waals surface area contributed by atoms with Gasteiger partial charge in [-0.15, -0.1) is 12.4 Å². The molecule has 2 nitrogen and oxygen atoms in total. The number of nitrogens with zero attached hydrogens (tertiary/aromatic N) is 1. The number of hydrogen-bond acceptors (Lipinski definition) is 2. The Morgan fingerprint density at radius 1 is 1.15 bits per heavy atom. The van der Waals surface area contributed by atoms with Gasteiger partial charge in [-0.3, -0.25) is 4.90 Å². The van der Waals surface area contributed by atoms with E-state index in [1.165, 1.54) is 38.3 Å². The second-order valence-corrected chi connectivity index (χ2v) is 6.03. The lowest BCUT2D eigenvalue weighted by molar-refractivity contribution is 0.190. The summed E-state index contributed by atoms with van der Waals surface area (Å²) in [5.74, 6) is 0.837. The predicted molar refractivity (Wildman–Crippen MR) is 82.7 cm³/mol. The van der Waals surface area contributed by atoms with Crippen LogP contribution in [0, 0.1) is 11.7 Å². The second kappa shape index (κ2) is 7.39. The number of rotatable bonds is 5. The summed E-state index contributed by atoms with van der Waals surface area (Å²) in [6.07, 6.45) is 5.29. The van der Waals surface area contributed by atoms with Crippen molar-refractivity contribution in [1.29, 1.82) is 0 Å². The molecule has 1 saturated heterocycles. The third-order valence-corrected chi connectivity index (χ3v) is 4.27. The Morgan fingerprint density at radius 2 is 1.90 bits per heavy atom. The molecule has 0 atom stereocenters. The smallest absolute Gasteiger partial charge is 0.123 e. The van der Waals surface area contributed by atoms with Crippen LogP contribution in [-0.4, -0.2) is 30.6 Å². The monoisotopic (exact) mass is 298 g/mol. The van der Waals surface area contributed by atoms with Crippen molar-refractivity contribution >= 4 is 12.4 Å². The molecule has 1 aliphatic carbocycles. The van der Waals surface area contributed by atoms with E-state index >= 15 is 0 Å². The van der Waals surface area contributed by atoms with Crippen molar-refractivity contribution in [2.24, 2.45) is 5.92 Å². The molecule has 1 N–H and O–H groups in total. The average Bonchev–Trinajstić information content (AvgIpc) is 3.22. The normalized spacial score (nSPS) is 20.6. The molecule has 1 aromatic rings. The standard InChI is InChI=1S/C16H23FN2.ClH/c17-15-3-1-2-14(10-15)12-19-8-6-16(7-9-19)18-11-13-4-5-13;/h1-3,10,13,16,18H,4-9,11-12H2;1H. The quantitative estimate of drug-likeness (QED) is 0.898. The molecule has 112 valence electrons. The van der Waals surface area contributed by atoms with Gasteiger partial charge in [-0.1, -0.05) is 12.1 Å². The van der Waals surface area contributed by atoms with E-state index in [1.54, 1.807) is 12.1 Å². The minimum atomic E-state index is -0.126. The Bertz CT molecular complexity index is 415. The van der Waals surface area contributed by atoms with Crippen molar-refractivity contribution in [3.63, 3.8) is 0 Å². The van der Waals surface area contributed by atoms with Crippen LogP contribution in [0.1, 0.15) is 31.2 Å². The lowest BCUT2D eigenvalue weighted by Crippen LogP contribution is -2.42. The molecule has 1 aromatic carbocycles. The molecule has 4 heteroatoms. The highest BCUT2D eigenvalue weighted by atomic mass is 35.5. The number of benzene rings is 1. The number of piperidine rings is 1. The van der Waals surface area contributed by atoms with Crippen LogP contribution in [0.25, 0.3) is 0 Å². The first-order valence-corrected chi connectivity index (χ1v) is 7.50. The number of hydrogen-bond donors (Lipinski definition) is 1. The van der Waals surface area contributed by atoms with Crippen LogP contribution in [-0.2, 0) is 6.54 Å². The van der Waals surface area contributed by atoms with Crippen molar-refractivity contribution in [2.75, 3.05) is 19.6 Å². The van der Waals surface area contributed by atoms with E-state index < -0.39 is 0 Å². The van der Waals surface area contributed by atoms with Gasteiger partial charge in [-0.2, -0.15) is 0 Å². The third-order valence-electron chi connectivity index (χ3n) is 4.27. The SMILES string of the molecule is Cl.Fc1cccc(CN2CCC(NCC3CC3)CC2)c1. The topological polar surface area (TPSA) is 15.3 Å². The van der Waals surface area contributed by atoms with Crippen molar-refractivity contribution in [1.82, 2.24) is 10.2 Å². The third kappa shape index (κ3) is 4.72. The maximum Gasteiger partial charge on any atom is 0.123 e. The van der Waals surface area contributed by atoms with Crippen molar-refractivity contribution in [2.45, 2.75) is 38.3 Å². The van der Waals surface area contributed by atoms with Gasteiger partial charge in [0.15, 0.2) is 0 Å². The number of nitrogens with one attached hydrogen (secondary N) is 1. The van der Waals surface area contributed by atoms with Crippen LogP contribution in [0.3, 0.4) is 0 Å². The van der Waals surface area contributed by atoms with Gasteiger partial charge in [0.1, 0.15) is 5.82 Å². The van der Waals surface area contributed by atoms with Gasteiger partial charge in [0.05, 0.1) is 0 Å². The summed E-state index contributed by atoms with van der Waals surface area (Å²) in [7, 11) is 0. The fourth-order valence-electron chi connectivity index (χ4n) is 2.84. The van der Waals surface area contributed by atoms with E-state index in [9.17, 15) is 4.39 Å². The molecule has 20 heavy (non-hydrogen) atoms. The molecule has 0 bridgehead atoms. The van der Waals surface area contributed by atoms with E-state index in [0.717, 1.165) is 31.1 Å². The summed E-state index contributed by atoms with van der Waals surface area (Å²) >= 11 is 0. The minimum absolute atomic E-state index is 0. The molecule has 0 aromatic heterocycles. The largest absolute Gasteiger partial charge is 0.314 e. The van der Waals surface area contributed by atoms with Gasteiger partial charge in [-0.05, 0) is 68.9 Å². The molecular formula is C16H24ClFN2. The summed E-state index contributed by atoms with van der Waals surface area (Å²) in [6.45, 7) is 4.35. The zero-order valence-electron chi connectivity index (χ0n) is 11.9. The first kappa shape index (κ1) is 15.7. The highest BCUT2D eigenvalue weighted by Gasteiger charge is 2.24. The zero-order valence-corrected chi connectivity index (χ0v) is 12.7. The molecule has 2 fully saturated rings. The van der Waals surface area contributed by atoms with Gasteiger partial charge in [-0.25, -0.2) is 4.39 Å². The van der Waals surface area contributed by atoms with Crippen molar-refractivity contribution in [3.05, 3.63) is 35.6 Å². The maximum absolute atomic E-state index is 13.1. The Kier molecular flexibility index (Phi) is 5.82. The van der Waals surface area contributed by atoms with Crippen molar-refractivity contribution in [3.8, 4) is 0 Å². The Hall–Kier alpha value is -0.640. The van der Waals surface area contributed by atoms with Crippen LogP contribution in [0.4, 0.5) is 4.39 Å². The average molecular weight is 299 g/mol. The zero-order chi connectivity index (χ0) is 13.1. The highest BCUT2D eigenvalue weighted by molar-refractivity contribution is 5.85. The van der Waals surface area contributed by atoms with Gasteiger partial charge in [0.2, 0.25) is 0 Å². The number of halogens is 2. The van der Waals surface area contributed by atoms with Crippen LogP contribution < -0.4 is 5.32 Å². The van der Waals surface area contributed by atoms with Gasteiger partial charge >= 0.3 is 0 Å². The lowest BCUT2D eigenvalue weighted by Gasteiger charge is -2.32. The van der Waals surface area contributed by atoms with Crippen LogP contribution in [0.5, 0.6) is 0 Å². The predicted octanol–water partition coefficient (Wildman–Crippen LogP) is 3.21. The summed E-state index contributed by atoms with van der Waals surface area (Å²) in [6, 6.07) is 7.67. The molecule has 0 radical (unpaired) electrons. The molecule has 3 rings (SSSR count). The molecule has 1 aliphatic heterocycles. The van der Waals surface area contributed by atoms with E-state index in [0.29, 0.717) is 6.04 Å². The van der Waals surface area contributed by atoms with Gasteiger partial charge in [0.25, 0.3) is 0 Å². The van der Waals surface area contributed by atoms with Gasteiger partial charge < -0.3 is 5.32 Å². The molecule has 1 heterocycles. The van der Waals surface area contributed by atoms with Crippen molar-refractivity contribution < 1.29 is 4.39 Å². The Labute approximate surface area is 127 Å². The van der Waals surface area contributed by atoms with E-state index in [1.807, 2.05) is 6.07 Å². The minimum Gasteiger partial charge on any atom is -0.314 e. The highest BCUT2D eigenvalue weighted by Crippen LogP contribution is 2.28. The van der Waals surface area contributed by atoms with E-state index in [4.69, 9.17) is 0 Å². The molecule has 2 aliphatic rings. The summed E-state index contributed by atoms with van der Waals surface area (Å²) in [4.78, 5) is 2.43. The molecule has 0 spiro atoms. The maximum atomic E-state index is 13.1. The summed E-state index contributed by atoms with van der Waals surface area (Å²) < 4.78 is 13.1. The van der Waals surface area contributed by atoms with Gasteiger partial charge in [0, 0.05) is 12.6 Å².